The number of methoxy groups -OCH3 is 1. The summed E-state index contributed by atoms with van der Waals surface area (Å²) in [5.41, 5.74) is 1.60. The van der Waals surface area contributed by atoms with Gasteiger partial charge in [-0.3, -0.25) is 4.79 Å². The molecule has 0 fully saturated rings. The molecule has 1 amide bonds. The van der Waals surface area contributed by atoms with Crippen molar-refractivity contribution < 1.29 is 14.3 Å². The fourth-order valence-electron chi connectivity index (χ4n) is 2.65. The number of benzene rings is 2. The van der Waals surface area contributed by atoms with Crippen molar-refractivity contribution >= 4 is 5.91 Å². The third-order valence-corrected chi connectivity index (χ3v) is 4.24. The van der Waals surface area contributed by atoms with Crippen LogP contribution in [0.3, 0.4) is 0 Å². The number of ether oxygens (including phenoxy) is 2. The Kier molecular flexibility index (Phi) is 7.21. The maximum absolute atomic E-state index is 12.4. The number of nitrogens with one attached hydrogen (secondary N) is 1. The van der Waals surface area contributed by atoms with Crippen LogP contribution >= 0.6 is 0 Å². The molecule has 6 nitrogen and oxygen atoms in total. The summed E-state index contributed by atoms with van der Waals surface area (Å²) < 4.78 is 10.9. The molecule has 0 aromatic heterocycles. The first-order chi connectivity index (χ1) is 12.9. The number of likely N-dealkylation sites (N-methyl/N-ethyl adjacent to an activating group) is 1. The second kappa shape index (κ2) is 9.60. The molecule has 27 heavy (non-hydrogen) atoms. The van der Waals surface area contributed by atoms with Gasteiger partial charge in [0.15, 0.2) is 6.10 Å². The smallest absolute Gasteiger partial charge is 0.260 e. The van der Waals surface area contributed by atoms with Crippen molar-refractivity contribution in [3.63, 3.8) is 0 Å². The molecule has 1 N–H and O–H groups in total. The third-order valence-electron chi connectivity index (χ3n) is 4.24. The summed E-state index contributed by atoms with van der Waals surface area (Å²) in [5.74, 6) is 1.13. The fraction of sp³-hybridized carbons (Fsp3) is 0.333. The number of nitrogens with zero attached hydrogens (tertiary/aromatic N) is 2. The van der Waals surface area contributed by atoms with Gasteiger partial charge in [0, 0.05) is 6.54 Å². The molecular weight excluding hydrogens is 342 g/mol. The summed E-state index contributed by atoms with van der Waals surface area (Å²) in [6.45, 7) is 2.14. The zero-order valence-electron chi connectivity index (χ0n) is 16.1. The molecule has 0 heterocycles. The van der Waals surface area contributed by atoms with Gasteiger partial charge in [-0.25, -0.2) is 0 Å². The lowest BCUT2D eigenvalue weighted by molar-refractivity contribution is -0.127. The van der Waals surface area contributed by atoms with Crippen LogP contribution in [-0.4, -0.2) is 44.7 Å². The van der Waals surface area contributed by atoms with Crippen molar-refractivity contribution in [1.29, 1.82) is 5.26 Å². The van der Waals surface area contributed by atoms with Gasteiger partial charge in [-0.05, 0) is 63.0 Å². The molecule has 0 aliphatic rings. The van der Waals surface area contributed by atoms with E-state index in [1.807, 2.05) is 49.3 Å². The van der Waals surface area contributed by atoms with Gasteiger partial charge in [-0.1, -0.05) is 12.1 Å². The number of amides is 1. The Hall–Kier alpha value is -3.04. The summed E-state index contributed by atoms with van der Waals surface area (Å²) in [4.78, 5) is 14.5. The second-order valence-corrected chi connectivity index (χ2v) is 6.40. The van der Waals surface area contributed by atoms with Gasteiger partial charge < -0.3 is 19.7 Å². The van der Waals surface area contributed by atoms with Crippen LogP contribution in [0, 0.1) is 11.3 Å². The average molecular weight is 367 g/mol. The van der Waals surface area contributed by atoms with Crippen molar-refractivity contribution in [2.45, 2.75) is 19.1 Å². The second-order valence-electron chi connectivity index (χ2n) is 6.40. The Morgan fingerprint density at radius 2 is 1.89 bits per heavy atom. The SMILES string of the molecule is COc1cccc(C(CNC(=O)C(C)Oc2ccc(C#N)cc2)N(C)C)c1. The lowest BCUT2D eigenvalue weighted by Gasteiger charge is -2.26. The maximum atomic E-state index is 12.4. The van der Waals surface area contributed by atoms with Crippen LogP contribution in [-0.2, 0) is 4.79 Å². The Labute approximate surface area is 160 Å². The molecule has 0 saturated heterocycles. The number of nitriles is 1. The largest absolute Gasteiger partial charge is 0.497 e. The van der Waals surface area contributed by atoms with E-state index in [4.69, 9.17) is 14.7 Å². The van der Waals surface area contributed by atoms with Crippen LogP contribution < -0.4 is 14.8 Å². The summed E-state index contributed by atoms with van der Waals surface area (Å²) >= 11 is 0. The van der Waals surface area contributed by atoms with E-state index in [1.165, 1.54) is 0 Å². The van der Waals surface area contributed by atoms with E-state index in [-0.39, 0.29) is 11.9 Å². The van der Waals surface area contributed by atoms with Gasteiger partial charge in [0.1, 0.15) is 11.5 Å². The minimum atomic E-state index is -0.647. The van der Waals surface area contributed by atoms with Crippen molar-refractivity contribution in [2.24, 2.45) is 0 Å². The lowest BCUT2D eigenvalue weighted by Crippen LogP contribution is -2.41. The molecule has 142 valence electrons. The van der Waals surface area contributed by atoms with E-state index in [0.29, 0.717) is 17.9 Å². The molecule has 2 aromatic carbocycles. The van der Waals surface area contributed by atoms with E-state index < -0.39 is 6.10 Å². The number of hydrogen-bond acceptors (Lipinski definition) is 5. The summed E-state index contributed by atoms with van der Waals surface area (Å²) in [7, 11) is 5.56. The molecule has 2 rings (SSSR count). The van der Waals surface area contributed by atoms with E-state index in [1.54, 1.807) is 38.3 Å². The normalized spacial score (nSPS) is 12.7. The van der Waals surface area contributed by atoms with Gasteiger partial charge in [0.2, 0.25) is 0 Å². The molecular formula is C21H25N3O3. The third kappa shape index (κ3) is 5.73. The van der Waals surface area contributed by atoms with Gasteiger partial charge in [-0.2, -0.15) is 5.26 Å². The van der Waals surface area contributed by atoms with Crippen molar-refractivity contribution in [2.75, 3.05) is 27.7 Å². The van der Waals surface area contributed by atoms with Gasteiger partial charge in [0.25, 0.3) is 5.91 Å². The van der Waals surface area contributed by atoms with Crippen LogP contribution in [0.25, 0.3) is 0 Å². The van der Waals surface area contributed by atoms with Crippen LogP contribution in [0.1, 0.15) is 24.1 Å². The van der Waals surface area contributed by atoms with E-state index in [9.17, 15) is 4.79 Å². The molecule has 0 aliphatic heterocycles. The van der Waals surface area contributed by atoms with Crippen LogP contribution in [0.4, 0.5) is 0 Å². The highest BCUT2D eigenvalue weighted by atomic mass is 16.5. The standard InChI is InChI=1S/C21H25N3O3/c1-15(27-18-10-8-16(13-22)9-11-18)21(25)23-14-20(24(2)3)17-6-5-7-19(12-17)26-4/h5-12,15,20H,14H2,1-4H3,(H,23,25). The van der Waals surface area contributed by atoms with E-state index >= 15 is 0 Å². The summed E-state index contributed by atoms with van der Waals surface area (Å²) in [6.07, 6.45) is -0.647. The Balaban J connectivity index is 1.97. The first kappa shape index (κ1) is 20.3. The van der Waals surface area contributed by atoms with E-state index in [0.717, 1.165) is 11.3 Å². The van der Waals surface area contributed by atoms with E-state index in [2.05, 4.69) is 5.32 Å². The first-order valence-electron chi connectivity index (χ1n) is 8.69. The maximum Gasteiger partial charge on any atom is 0.260 e. The fourth-order valence-corrected chi connectivity index (χ4v) is 2.65. The van der Waals surface area contributed by atoms with Gasteiger partial charge in [0.05, 0.1) is 24.8 Å². The molecule has 0 aliphatic carbocycles. The summed E-state index contributed by atoms with van der Waals surface area (Å²) in [6, 6.07) is 16.5. The van der Waals surface area contributed by atoms with Crippen LogP contribution in [0.15, 0.2) is 48.5 Å². The highest BCUT2D eigenvalue weighted by Crippen LogP contribution is 2.22. The van der Waals surface area contributed by atoms with Crippen LogP contribution in [0.5, 0.6) is 11.5 Å². The number of rotatable bonds is 8. The monoisotopic (exact) mass is 367 g/mol. The van der Waals surface area contributed by atoms with Gasteiger partial charge >= 0.3 is 0 Å². The van der Waals surface area contributed by atoms with Crippen LogP contribution in [0.2, 0.25) is 0 Å². The Morgan fingerprint density at radius 1 is 1.19 bits per heavy atom. The highest BCUT2D eigenvalue weighted by molar-refractivity contribution is 5.80. The highest BCUT2D eigenvalue weighted by Gasteiger charge is 2.19. The number of carbonyl (C=O) groups excluding carboxylic acids is 1. The topological polar surface area (TPSA) is 74.6 Å². The lowest BCUT2D eigenvalue weighted by atomic mass is 10.1. The molecule has 2 atom stereocenters. The molecule has 0 spiro atoms. The van der Waals surface area contributed by atoms with Crippen molar-refractivity contribution in [3.8, 4) is 17.6 Å². The average Bonchev–Trinajstić information content (AvgIpc) is 2.68. The predicted octanol–water partition coefficient (Wildman–Crippen LogP) is 2.75. The molecule has 0 radical (unpaired) electrons. The minimum Gasteiger partial charge on any atom is -0.497 e. The van der Waals surface area contributed by atoms with Crippen molar-refractivity contribution in [3.05, 3.63) is 59.7 Å². The first-order valence-corrected chi connectivity index (χ1v) is 8.69. The zero-order valence-corrected chi connectivity index (χ0v) is 16.1. The molecule has 2 unspecified atom stereocenters. The minimum absolute atomic E-state index is 0.00571. The molecule has 0 saturated carbocycles. The zero-order chi connectivity index (χ0) is 19.8. The molecule has 6 heteroatoms. The van der Waals surface area contributed by atoms with Crippen molar-refractivity contribution in [1.82, 2.24) is 10.2 Å². The number of hydrogen-bond donors (Lipinski definition) is 1. The quantitative estimate of drug-likeness (QED) is 0.776. The molecule has 2 aromatic rings. The molecule has 0 bridgehead atoms. The Morgan fingerprint density at radius 3 is 2.48 bits per heavy atom. The summed E-state index contributed by atoms with van der Waals surface area (Å²) in [5, 5.41) is 11.8. The number of carbonyl (C=O) groups is 1. The van der Waals surface area contributed by atoms with Gasteiger partial charge in [-0.15, -0.1) is 0 Å². The Bertz CT molecular complexity index is 797. The predicted molar refractivity (Wildman–Crippen MR) is 104 cm³/mol.